The van der Waals surface area contributed by atoms with Gasteiger partial charge in [-0.3, -0.25) is 9.69 Å². The number of aliphatic hydroxyl groups is 1. The number of aliphatic hydroxyl groups excluding tert-OH is 1. The highest BCUT2D eigenvalue weighted by Crippen LogP contribution is 2.50. The van der Waals surface area contributed by atoms with Crippen LogP contribution in [0, 0.1) is 0 Å². The number of fused-ring (bicyclic) bond motifs is 3. The molecular weight excluding hydrogens is 418 g/mol. The summed E-state index contributed by atoms with van der Waals surface area (Å²) in [5.41, 5.74) is 6.41. The van der Waals surface area contributed by atoms with Gasteiger partial charge in [-0.25, -0.2) is 0 Å². The Balaban J connectivity index is 1.56. The molecule has 0 aromatic heterocycles. The third kappa shape index (κ3) is 3.42. The van der Waals surface area contributed by atoms with E-state index in [0.717, 1.165) is 11.1 Å². The maximum Gasteiger partial charge on any atom is 0.276 e. The van der Waals surface area contributed by atoms with Gasteiger partial charge in [0.2, 0.25) is 0 Å². The number of hydrogen-bond donors (Lipinski definition) is 1. The minimum absolute atomic E-state index is 0.0593. The zero-order valence-electron chi connectivity index (χ0n) is 18.6. The summed E-state index contributed by atoms with van der Waals surface area (Å²) in [7, 11) is 3.57. The van der Waals surface area contributed by atoms with Crippen LogP contribution in [0.15, 0.2) is 48.2 Å². The monoisotopic (exact) mass is 447 g/mol. The zero-order valence-corrected chi connectivity index (χ0v) is 19.4. The lowest BCUT2D eigenvalue weighted by Gasteiger charge is -2.30. The third-order valence-electron chi connectivity index (χ3n) is 7.18. The molecule has 2 heterocycles. The van der Waals surface area contributed by atoms with E-state index >= 15 is 0 Å². The topological polar surface area (TPSA) is 47.0 Å². The van der Waals surface area contributed by atoms with Crippen molar-refractivity contribution >= 4 is 40.7 Å². The van der Waals surface area contributed by atoms with E-state index in [1.54, 1.807) is 11.9 Å². The summed E-state index contributed by atoms with van der Waals surface area (Å²) in [6.07, 6.45) is 8.12. The van der Waals surface area contributed by atoms with Gasteiger partial charge in [-0.2, -0.15) is 0 Å². The molecular formula is C26H29N3O2S. The Morgan fingerprint density at radius 3 is 2.47 bits per heavy atom. The van der Waals surface area contributed by atoms with Crippen molar-refractivity contribution in [2.24, 2.45) is 0 Å². The zero-order chi connectivity index (χ0) is 22.4. The van der Waals surface area contributed by atoms with E-state index in [9.17, 15) is 9.90 Å². The molecule has 0 bridgehead atoms. The fourth-order valence-corrected chi connectivity index (χ4v) is 5.64. The summed E-state index contributed by atoms with van der Waals surface area (Å²) in [6, 6.07) is 15.3. The Kier molecular flexibility index (Phi) is 5.51. The number of thiocarbonyl (C=S) groups is 1. The Labute approximate surface area is 194 Å². The molecule has 3 aliphatic rings. The first-order valence-electron chi connectivity index (χ1n) is 11.4. The average Bonchev–Trinajstić information content (AvgIpc) is 3.06. The van der Waals surface area contributed by atoms with E-state index in [-0.39, 0.29) is 12.5 Å². The summed E-state index contributed by atoms with van der Waals surface area (Å²) >= 11 is 5.36. The van der Waals surface area contributed by atoms with Gasteiger partial charge in [0.05, 0.1) is 6.61 Å². The summed E-state index contributed by atoms with van der Waals surface area (Å²) < 4.78 is 0. The molecule has 2 fully saturated rings. The minimum atomic E-state index is -0.0593. The van der Waals surface area contributed by atoms with Crippen LogP contribution in [0.2, 0.25) is 0 Å². The first-order chi connectivity index (χ1) is 15.5. The van der Waals surface area contributed by atoms with Crippen molar-refractivity contribution in [3.63, 3.8) is 0 Å². The third-order valence-corrected chi connectivity index (χ3v) is 7.73. The Hall–Kier alpha value is -2.70. The Bertz CT molecular complexity index is 1090. The number of nitrogens with zero attached hydrogens (tertiary/aromatic N) is 3. The number of anilines is 2. The summed E-state index contributed by atoms with van der Waals surface area (Å²) in [5, 5.41) is 9.97. The number of amides is 1. The van der Waals surface area contributed by atoms with Crippen LogP contribution in [0.5, 0.6) is 0 Å². The van der Waals surface area contributed by atoms with Gasteiger partial charge in [-0.05, 0) is 72.1 Å². The van der Waals surface area contributed by atoms with E-state index in [2.05, 4.69) is 35.2 Å². The predicted molar refractivity (Wildman–Crippen MR) is 132 cm³/mol. The van der Waals surface area contributed by atoms with Crippen LogP contribution in [-0.2, 0) is 11.4 Å². The molecule has 2 unspecified atom stereocenters. The highest BCUT2D eigenvalue weighted by molar-refractivity contribution is 7.80. The molecule has 1 amide bonds. The van der Waals surface area contributed by atoms with Crippen molar-refractivity contribution in [1.29, 1.82) is 0 Å². The summed E-state index contributed by atoms with van der Waals surface area (Å²) in [4.78, 5) is 18.4. The van der Waals surface area contributed by atoms with E-state index in [1.165, 1.54) is 53.9 Å². The average molecular weight is 448 g/mol. The van der Waals surface area contributed by atoms with Gasteiger partial charge in [0.15, 0.2) is 5.11 Å². The van der Waals surface area contributed by atoms with Crippen molar-refractivity contribution in [1.82, 2.24) is 9.80 Å². The number of carbonyl (C=O) groups excluding carboxylic acids is 1. The van der Waals surface area contributed by atoms with Gasteiger partial charge in [-0.1, -0.05) is 37.5 Å². The normalized spacial score (nSPS) is 24.2. The quantitative estimate of drug-likeness (QED) is 0.542. The second-order valence-corrected chi connectivity index (χ2v) is 9.43. The van der Waals surface area contributed by atoms with Crippen molar-refractivity contribution < 1.29 is 9.90 Å². The van der Waals surface area contributed by atoms with Gasteiger partial charge in [0.1, 0.15) is 5.70 Å². The summed E-state index contributed by atoms with van der Waals surface area (Å²) in [6.45, 7) is 0.0622. The maximum absolute atomic E-state index is 12.6. The standard InChI is InChI=1S/C26H29N3O2S/c1-27-24(25(31)28(2)26(27)32)15-18-10-13-23-21(14-18)20-6-4-3-5-7-22(20)29(23)19-11-8-17(16-30)9-12-19/h8-15,20,22,30H,3-7,16H2,1-2H3. The highest BCUT2D eigenvalue weighted by Gasteiger charge is 2.40. The number of likely N-dealkylation sites (N-methyl/N-ethyl adjacent to an activating group) is 2. The fraction of sp³-hybridized carbons (Fsp3) is 0.385. The van der Waals surface area contributed by atoms with Gasteiger partial charge < -0.3 is 14.9 Å². The molecule has 1 aliphatic carbocycles. The van der Waals surface area contributed by atoms with Crippen LogP contribution in [0.1, 0.15) is 54.7 Å². The molecule has 32 heavy (non-hydrogen) atoms. The van der Waals surface area contributed by atoms with Crippen molar-refractivity contribution in [2.75, 3.05) is 19.0 Å². The highest BCUT2D eigenvalue weighted by atomic mass is 32.1. The maximum atomic E-state index is 12.6. The van der Waals surface area contributed by atoms with Crippen LogP contribution < -0.4 is 4.90 Å². The number of benzene rings is 2. The molecule has 5 rings (SSSR count). The molecule has 1 saturated carbocycles. The lowest BCUT2D eigenvalue weighted by molar-refractivity contribution is -0.121. The van der Waals surface area contributed by atoms with Gasteiger partial charge in [0, 0.05) is 37.4 Å². The first-order valence-corrected chi connectivity index (χ1v) is 11.8. The number of rotatable bonds is 3. The summed E-state index contributed by atoms with van der Waals surface area (Å²) in [5.74, 6) is 0.431. The van der Waals surface area contributed by atoms with Crippen LogP contribution in [0.25, 0.3) is 6.08 Å². The molecule has 2 aromatic carbocycles. The molecule has 5 nitrogen and oxygen atoms in total. The molecule has 1 saturated heterocycles. The van der Waals surface area contributed by atoms with Crippen LogP contribution in [-0.4, -0.2) is 46.1 Å². The van der Waals surface area contributed by atoms with Crippen LogP contribution in [0.4, 0.5) is 11.4 Å². The minimum Gasteiger partial charge on any atom is -0.392 e. The number of hydrogen-bond acceptors (Lipinski definition) is 4. The van der Waals surface area contributed by atoms with Crippen molar-refractivity contribution in [3.05, 3.63) is 64.9 Å². The number of carbonyl (C=O) groups is 1. The van der Waals surface area contributed by atoms with Crippen LogP contribution >= 0.6 is 12.2 Å². The lowest BCUT2D eigenvalue weighted by Crippen LogP contribution is -2.29. The van der Waals surface area contributed by atoms with E-state index in [1.807, 2.05) is 25.3 Å². The first kappa shape index (κ1) is 21.2. The van der Waals surface area contributed by atoms with Gasteiger partial charge >= 0.3 is 0 Å². The molecule has 1 N–H and O–H groups in total. The molecule has 2 aliphatic heterocycles. The smallest absolute Gasteiger partial charge is 0.276 e. The molecule has 0 spiro atoms. The van der Waals surface area contributed by atoms with E-state index in [4.69, 9.17) is 12.2 Å². The van der Waals surface area contributed by atoms with Crippen LogP contribution in [0.3, 0.4) is 0 Å². The molecule has 0 radical (unpaired) electrons. The fourth-order valence-electron chi connectivity index (χ4n) is 5.46. The molecule has 6 heteroatoms. The van der Waals surface area contributed by atoms with Crippen molar-refractivity contribution in [2.45, 2.75) is 50.7 Å². The Morgan fingerprint density at radius 1 is 1.03 bits per heavy atom. The largest absolute Gasteiger partial charge is 0.392 e. The second-order valence-electron chi connectivity index (χ2n) is 9.06. The molecule has 166 valence electrons. The van der Waals surface area contributed by atoms with E-state index in [0.29, 0.717) is 22.8 Å². The molecule has 2 atom stereocenters. The van der Waals surface area contributed by atoms with Crippen molar-refractivity contribution in [3.8, 4) is 0 Å². The Morgan fingerprint density at radius 2 is 1.78 bits per heavy atom. The van der Waals surface area contributed by atoms with Gasteiger partial charge in [0.25, 0.3) is 5.91 Å². The van der Waals surface area contributed by atoms with Gasteiger partial charge in [-0.15, -0.1) is 0 Å². The SMILES string of the molecule is CN1C(=O)C(=Cc2ccc3c(c2)C2CCCCCC2N3c2ccc(CO)cc2)N(C)C1=S. The predicted octanol–water partition coefficient (Wildman–Crippen LogP) is 4.78. The lowest BCUT2D eigenvalue weighted by atomic mass is 9.90. The van der Waals surface area contributed by atoms with E-state index < -0.39 is 0 Å². The molecule has 2 aromatic rings. The second kappa shape index (κ2) is 8.34.